The van der Waals surface area contributed by atoms with Gasteiger partial charge in [0.05, 0.1) is 5.92 Å². The van der Waals surface area contributed by atoms with Crippen LogP contribution in [0, 0.1) is 5.92 Å². The molecular weight excluding hydrogens is 204 g/mol. The van der Waals surface area contributed by atoms with Crippen LogP contribution in [0.2, 0.25) is 0 Å². The van der Waals surface area contributed by atoms with Gasteiger partial charge in [0.25, 0.3) is 0 Å². The van der Waals surface area contributed by atoms with E-state index in [4.69, 9.17) is 5.11 Å². The second-order valence-electron chi connectivity index (χ2n) is 4.75. The van der Waals surface area contributed by atoms with Gasteiger partial charge in [-0.3, -0.25) is 9.69 Å². The zero-order chi connectivity index (χ0) is 12.1. The Bertz CT molecular complexity index is 227. The minimum absolute atomic E-state index is 0.113. The minimum atomic E-state index is -0.695. The largest absolute Gasteiger partial charge is 0.481 e. The lowest BCUT2D eigenvalue weighted by molar-refractivity contribution is -0.143. The van der Waals surface area contributed by atoms with E-state index in [1.807, 2.05) is 6.92 Å². The molecule has 3 unspecified atom stereocenters. The molecule has 4 nitrogen and oxygen atoms in total. The van der Waals surface area contributed by atoms with Crippen LogP contribution in [-0.2, 0) is 4.79 Å². The monoisotopic (exact) mass is 228 g/mol. The summed E-state index contributed by atoms with van der Waals surface area (Å²) in [6.07, 6.45) is 2.21. The van der Waals surface area contributed by atoms with Gasteiger partial charge >= 0.3 is 5.97 Å². The SMILES string of the molecule is CCCN(C1CCNC1)C(C)C(C)C(=O)O. The summed E-state index contributed by atoms with van der Waals surface area (Å²) in [5, 5.41) is 12.4. The third-order valence-corrected chi connectivity index (χ3v) is 3.62. The standard InChI is InChI=1S/C12H24N2O2/c1-4-7-14(11-5-6-13-8-11)10(3)9(2)12(15)16/h9-11,13H,4-8H2,1-3H3,(H,15,16). The van der Waals surface area contributed by atoms with E-state index < -0.39 is 5.97 Å². The van der Waals surface area contributed by atoms with E-state index in [2.05, 4.69) is 17.1 Å². The second-order valence-corrected chi connectivity index (χ2v) is 4.75. The van der Waals surface area contributed by atoms with Gasteiger partial charge in [0.15, 0.2) is 0 Å². The lowest BCUT2D eigenvalue weighted by Crippen LogP contribution is -2.47. The van der Waals surface area contributed by atoms with Gasteiger partial charge in [-0.15, -0.1) is 0 Å². The molecule has 1 heterocycles. The molecule has 0 saturated carbocycles. The maximum absolute atomic E-state index is 11.0. The minimum Gasteiger partial charge on any atom is -0.481 e. The number of nitrogens with one attached hydrogen (secondary N) is 1. The number of hydrogen-bond acceptors (Lipinski definition) is 3. The number of nitrogens with zero attached hydrogens (tertiary/aromatic N) is 1. The summed E-state index contributed by atoms with van der Waals surface area (Å²) in [5.41, 5.74) is 0. The van der Waals surface area contributed by atoms with E-state index >= 15 is 0 Å². The van der Waals surface area contributed by atoms with Crippen molar-refractivity contribution in [3.8, 4) is 0 Å². The van der Waals surface area contributed by atoms with Gasteiger partial charge in [-0.25, -0.2) is 0 Å². The molecule has 0 spiro atoms. The van der Waals surface area contributed by atoms with Crippen LogP contribution in [0.5, 0.6) is 0 Å². The van der Waals surface area contributed by atoms with Crippen molar-refractivity contribution in [2.24, 2.45) is 5.92 Å². The van der Waals surface area contributed by atoms with E-state index in [1.165, 1.54) is 0 Å². The molecule has 0 aromatic rings. The number of aliphatic carboxylic acids is 1. The Morgan fingerprint density at radius 2 is 2.25 bits per heavy atom. The Morgan fingerprint density at radius 1 is 1.56 bits per heavy atom. The van der Waals surface area contributed by atoms with E-state index in [9.17, 15) is 4.79 Å². The molecule has 1 aliphatic rings. The van der Waals surface area contributed by atoms with Crippen molar-refractivity contribution in [3.63, 3.8) is 0 Å². The molecule has 0 aromatic carbocycles. The van der Waals surface area contributed by atoms with Crippen LogP contribution < -0.4 is 5.32 Å². The third-order valence-electron chi connectivity index (χ3n) is 3.62. The van der Waals surface area contributed by atoms with Crippen LogP contribution in [0.25, 0.3) is 0 Å². The highest BCUT2D eigenvalue weighted by molar-refractivity contribution is 5.70. The first-order valence-corrected chi connectivity index (χ1v) is 6.27. The first-order valence-electron chi connectivity index (χ1n) is 6.27. The number of carboxylic acid groups (broad SMARTS) is 1. The normalized spacial score (nSPS) is 24.6. The fourth-order valence-electron chi connectivity index (χ4n) is 2.39. The summed E-state index contributed by atoms with van der Waals surface area (Å²) < 4.78 is 0. The zero-order valence-corrected chi connectivity index (χ0v) is 10.6. The van der Waals surface area contributed by atoms with Crippen molar-refractivity contribution >= 4 is 5.97 Å². The Balaban J connectivity index is 2.63. The maximum atomic E-state index is 11.0. The molecule has 0 bridgehead atoms. The van der Waals surface area contributed by atoms with Gasteiger partial charge < -0.3 is 10.4 Å². The van der Waals surface area contributed by atoms with Crippen LogP contribution >= 0.6 is 0 Å². The van der Waals surface area contributed by atoms with E-state index in [1.54, 1.807) is 6.92 Å². The molecule has 0 radical (unpaired) electrons. The number of carboxylic acids is 1. The average Bonchev–Trinajstić information content (AvgIpc) is 2.76. The van der Waals surface area contributed by atoms with E-state index in [0.29, 0.717) is 6.04 Å². The molecule has 0 aliphatic carbocycles. The molecular formula is C12H24N2O2. The molecule has 16 heavy (non-hydrogen) atoms. The highest BCUT2D eigenvalue weighted by atomic mass is 16.4. The highest BCUT2D eigenvalue weighted by Gasteiger charge is 2.31. The molecule has 0 aromatic heterocycles. The molecule has 2 N–H and O–H groups in total. The fraction of sp³-hybridized carbons (Fsp3) is 0.917. The fourth-order valence-corrected chi connectivity index (χ4v) is 2.39. The summed E-state index contributed by atoms with van der Waals surface area (Å²) in [6, 6.07) is 0.624. The maximum Gasteiger partial charge on any atom is 0.307 e. The Hall–Kier alpha value is -0.610. The second kappa shape index (κ2) is 6.21. The van der Waals surface area contributed by atoms with Crippen molar-refractivity contribution in [1.82, 2.24) is 10.2 Å². The number of carbonyl (C=O) groups is 1. The van der Waals surface area contributed by atoms with Gasteiger partial charge in [-0.2, -0.15) is 0 Å². The molecule has 3 atom stereocenters. The van der Waals surface area contributed by atoms with Crippen molar-refractivity contribution in [3.05, 3.63) is 0 Å². The van der Waals surface area contributed by atoms with Crippen molar-refractivity contribution < 1.29 is 9.90 Å². The summed E-state index contributed by atoms with van der Waals surface area (Å²) in [6.45, 7) is 9.03. The van der Waals surface area contributed by atoms with Gasteiger partial charge in [-0.05, 0) is 32.9 Å². The lowest BCUT2D eigenvalue weighted by atomic mass is 10.00. The summed E-state index contributed by atoms with van der Waals surface area (Å²) in [7, 11) is 0. The van der Waals surface area contributed by atoms with Crippen LogP contribution in [0.1, 0.15) is 33.6 Å². The predicted molar refractivity (Wildman–Crippen MR) is 64.5 cm³/mol. The number of hydrogen-bond donors (Lipinski definition) is 2. The number of rotatable bonds is 6. The molecule has 1 saturated heterocycles. The van der Waals surface area contributed by atoms with Crippen molar-refractivity contribution in [1.29, 1.82) is 0 Å². The van der Waals surface area contributed by atoms with Crippen molar-refractivity contribution in [2.45, 2.75) is 45.7 Å². The van der Waals surface area contributed by atoms with Gasteiger partial charge in [0.2, 0.25) is 0 Å². The summed E-state index contributed by atoms with van der Waals surface area (Å²) in [4.78, 5) is 13.4. The van der Waals surface area contributed by atoms with E-state index in [-0.39, 0.29) is 12.0 Å². The smallest absolute Gasteiger partial charge is 0.307 e. The van der Waals surface area contributed by atoms with E-state index in [0.717, 1.165) is 32.5 Å². The van der Waals surface area contributed by atoms with Crippen LogP contribution in [-0.4, -0.2) is 47.7 Å². The first-order chi connectivity index (χ1) is 7.57. The molecule has 1 fully saturated rings. The zero-order valence-electron chi connectivity index (χ0n) is 10.6. The third kappa shape index (κ3) is 3.19. The lowest BCUT2D eigenvalue weighted by Gasteiger charge is -2.35. The molecule has 1 aliphatic heterocycles. The predicted octanol–water partition coefficient (Wildman–Crippen LogP) is 1.17. The molecule has 0 amide bonds. The van der Waals surface area contributed by atoms with Crippen LogP contribution in [0.3, 0.4) is 0 Å². The first kappa shape index (κ1) is 13.5. The van der Waals surface area contributed by atoms with Gasteiger partial charge in [0.1, 0.15) is 0 Å². The molecule has 4 heteroatoms. The van der Waals surface area contributed by atoms with Crippen molar-refractivity contribution in [2.75, 3.05) is 19.6 Å². The Kier molecular flexibility index (Phi) is 5.22. The van der Waals surface area contributed by atoms with Gasteiger partial charge in [0, 0.05) is 18.6 Å². The average molecular weight is 228 g/mol. The topological polar surface area (TPSA) is 52.6 Å². The Labute approximate surface area is 98.0 Å². The van der Waals surface area contributed by atoms with Crippen LogP contribution in [0.15, 0.2) is 0 Å². The van der Waals surface area contributed by atoms with Crippen LogP contribution in [0.4, 0.5) is 0 Å². The summed E-state index contributed by atoms with van der Waals surface area (Å²) >= 11 is 0. The molecule has 1 rings (SSSR count). The van der Waals surface area contributed by atoms with Gasteiger partial charge in [-0.1, -0.05) is 13.8 Å². The Morgan fingerprint density at radius 3 is 2.69 bits per heavy atom. The highest BCUT2D eigenvalue weighted by Crippen LogP contribution is 2.18. The molecule has 94 valence electrons. The quantitative estimate of drug-likeness (QED) is 0.716. The summed E-state index contributed by atoms with van der Waals surface area (Å²) in [5.74, 6) is -0.994.